The molecule has 0 aliphatic carbocycles. The van der Waals surface area contributed by atoms with Crippen molar-refractivity contribution in [3.63, 3.8) is 0 Å². The average molecular weight is 264 g/mol. The van der Waals surface area contributed by atoms with Gasteiger partial charge >= 0.3 is 0 Å². The highest BCUT2D eigenvalue weighted by Crippen LogP contribution is 2.26. The zero-order chi connectivity index (χ0) is 14.4. The van der Waals surface area contributed by atoms with E-state index in [1.54, 1.807) is 7.11 Å². The van der Waals surface area contributed by atoms with E-state index >= 15 is 0 Å². The molecule has 0 amide bonds. The van der Waals surface area contributed by atoms with Gasteiger partial charge in [-0.3, -0.25) is 4.98 Å². The number of hydrogen-bond acceptors (Lipinski definition) is 3. The number of methoxy groups -OCH3 is 1. The number of hydrogen-bond donors (Lipinski definition) is 1. The lowest BCUT2D eigenvalue weighted by atomic mass is 9.90. The van der Waals surface area contributed by atoms with E-state index in [1.807, 2.05) is 13.1 Å². The third-order valence-corrected chi connectivity index (χ3v) is 3.95. The minimum Gasteiger partial charge on any atom is -0.496 e. The van der Waals surface area contributed by atoms with Crippen LogP contribution in [0.25, 0.3) is 0 Å². The van der Waals surface area contributed by atoms with Gasteiger partial charge in [-0.2, -0.15) is 0 Å². The van der Waals surface area contributed by atoms with Crippen LogP contribution in [0.4, 0.5) is 0 Å². The minimum absolute atomic E-state index is 0.609. The molecule has 0 saturated carbocycles. The summed E-state index contributed by atoms with van der Waals surface area (Å²) in [7, 11) is 1.73. The van der Waals surface area contributed by atoms with Gasteiger partial charge in [-0.15, -0.1) is 0 Å². The lowest BCUT2D eigenvalue weighted by molar-refractivity contribution is 0.363. The van der Waals surface area contributed by atoms with E-state index in [2.05, 4.69) is 38.0 Å². The standard InChI is InChI=1S/C16H28N2O/c1-7-17-9-12(3)11(2)8-15-14(5)16(19-6)13(4)10-18-15/h10-12,17H,7-9H2,1-6H3. The van der Waals surface area contributed by atoms with Crippen LogP contribution in [0.5, 0.6) is 5.75 Å². The van der Waals surface area contributed by atoms with E-state index in [9.17, 15) is 0 Å². The highest BCUT2D eigenvalue weighted by molar-refractivity contribution is 5.41. The van der Waals surface area contributed by atoms with E-state index < -0.39 is 0 Å². The van der Waals surface area contributed by atoms with Crippen molar-refractivity contribution in [1.29, 1.82) is 0 Å². The van der Waals surface area contributed by atoms with Crippen LogP contribution in [-0.4, -0.2) is 25.2 Å². The maximum atomic E-state index is 5.47. The molecule has 0 aromatic carbocycles. The molecule has 108 valence electrons. The lowest BCUT2D eigenvalue weighted by Crippen LogP contribution is -2.26. The Balaban J connectivity index is 2.76. The highest BCUT2D eigenvalue weighted by Gasteiger charge is 2.16. The number of pyridine rings is 1. The van der Waals surface area contributed by atoms with Crippen LogP contribution in [0.3, 0.4) is 0 Å². The highest BCUT2D eigenvalue weighted by atomic mass is 16.5. The van der Waals surface area contributed by atoms with Crippen LogP contribution < -0.4 is 10.1 Å². The Hall–Kier alpha value is -1.09. The van der Waals surface area contributed by atoms with Crippen LogP contribution >= 0.6 is 0 Å². The SMILES string of the molecule is CCNCC(C)C(C)Cc1ncc(C)c(OC)c1C. The third kappa shape index (κ3) is 4.20. The molecule has 1 N–H and O–H groups in total. The molecular weight excluding hydrogens is 236 g/mol. The van der Waals surface area contributed by atoms with Crippen molar-refractivity contribution in [3.8, 4) is 5.75 Å². The number of nitrogens with zero attached hydrogens (tertiary/aromatic N) is 1. The summed E-state index contributed by atoms with van der Waals surface area (Å²) in [5.41, 5.74) is 3.46. The van der Waals surface area contributed by atoms with Gasteiger partial charge < -0.3 is 10.1 Å². The second-order valence-corrected chi connectivity index (χ2v) is 5.51. The molecule has 19 heavy (non-hydrogen) atoms. The van der Waals surface area contributed by atoms with Gasteiger partial charge in [0.1, 0.15) is 5.75 Å². The van der Waals surface area contributed by atoms with E-state index in [-0.39, 0.29) is 0 Å². The fourth-order valence-electron chi connectivity index (χ4n) is 2.36. The summed E-state index contributed by atoms with van der Waals surface area (Å²) in [4.78, 5) is 4.59. The Kier molecular flexibility index (Phi) is 6.29. The van der Waals surface area contributed by atoms with Crippen LogP contribution in [0.2, 0.25) is 0 Å². The van der Waals surface area contributed by atoms with Gasteiger partial charge in [0.25, 0.3) is 0 Å². The van der Waals surface area contributed by atoms with Gasteiger partial charge in [-0.05, 0) is 45.2 Å². The fraction of sp³-hybridized carbons (Fsp3) is 0.688. The number of aryl methyl sites for hydroxylation is 1. The number of aromatic nitrogens is 1. The molecule has 0 bridgehead atoms. The zero-order valence-electron chi connectivity index (χ0n) is 13.2. The first kappa shape index (κ1) is 16.0. The average Bonchev–Trinajstić information content (AvgIpc) is 2.39. The first-order chi connectivity index (χ1) is 9.01. The molecule has 0 aliphatic rings. The predicted molar refractivity (Wildman–Crippen MR) is 80.8 cm³/mol. The Labute approximate surface area is 117 Å². The second-order valence-electron chi connectivity index (χ2n) is 5.51. The number of ether oxygens (including phenoxy) is 1. The molecule has 0 saturated heterocycles. The van der Waals surface area contributed by atoms with Crippen molar-refractivity contribution in [2.75, 3.05) is 20.2 Å². The van der Waals surface area contributed by atoms with Crippen molar-refractivity contribution < 1.29 is 4.74 Å². The Morgan fingerprint density at radius 2 is 1.95 bits per heavy atom. The Morgan fingerprint density at radius 3 is 2.53 bits per heavy atom. The first-order valence-electron chi connectivity index (χ1n) is 7.21. The smallest absolute Gasteiger partial charge is 0.128 e. The molecule has 1 heterocycles. The lowest BCUT2D eigenvalue weighted by Gasteiger charge is -2.21. The molecular formula is C16H28N2O. The van der Waals surface area contributed by atoms with Crippen molar-refractivity contribution in [3.05, 3.63) is 23.0 Å². The molecule has 0 radical (unpaired) electrons. The minimum atomic E-state index is 0.609. The van der Waals surface area contributed by atoms with Crippen molar-refractivity contribution >= 4 is 0 Å². The maximum Gasteiger partial charge on any atom is 0.128 e. The maximum absolute atomic E-state index is 5.47. The van der Waals surface area contributed by atoms with Gasteiger partial charge in [0.05, 0.1) is 7.11 Å². The van der Waals surface area contributed by atoms with Gasteiger partial charge in [-0.1, -0.05) is 20.8 Å². The van der Waals surface area contributed by atoms with Crippen molar-refractivity contribution in [1.82, 2.24) is 10.3 Å². The monoisotopic (exact) mass is 264 g/mol. The Morgan fingerprint density at radius 1 is 1.26 bits per heavy atom. The molecule has 1 aromatic heterocycles. The van der Waals surface area contributed by atoms with E-state index in [1.165, 1.54) is 11.3 Å². The Bertz CT molecular complexity index is 404. The van der Waals surface area contributed by atoms with Crippen molar-refractivity contribution in [2.45, 2.75) is 41.0 Å². The largest absolute Gasteiger partial charge is 0.496 e. The second kappa shape index (κ2) is 7.49. The summed E-state index contributed by atoms with van der Waals surface area (Å²) in [6.07, 6.45) is 2.93. The molecule has 2 unspecified atom stereocenters. The molecule has 3 heteroatoms. The quantitative estimate of drug-likeness (QED) is 0.821. The molecule has 0 aliphatic heterocycles. The molecule has 1 aromatic rings. The number of rotatable bonds is 7. The third-order valence-electron chi connectivity index (χ3n) is 3.95. The summed E-state index contributed by atoms with van der Waals surface area (Å²) in [6.45, 7) is 13.0. The van der Waals surface area contributed by atoms with Crippen LogP contribution in [0, 0.1) is 25.7 Å². The van der Waals surface area contributed by atoms with Crippen LogP contribution in [-0.2, 0) is 6.42 Å². The molecule has 1 rings (SSSR count). The molecule has 0 spiro atoms. The van der Waals surface area contributed by atoms with E-state index in [0.29, 0.717) is 11.8 Å². The van der Waals surface area contributed by atoms with Crippen molar-refractivity contribution in [2.24, 2.45) is 11.8 Å². The summed E-state index contributed by atoms with van der Waals surface area (Å²) >= 11 is 0. The van der Waals surface area contributed by atoms with E-state index in [4.69, 9.17) is 4.74 Å². The summed E-state index contributed by atoms with van der Waals surface area (Å²) in [5.74, 6) is 2.24. The predicted octanol–water partition coefficient (Wildman–Crippen LogP) is 3.13. The van der Waals surface area contributed by atoms with Crippen LogP contribution in [0.15, 0.2) is 6.20 Å². The van der Waals surface area contributed by atoms with Gasteiger partial charge in [0.2, 0.25) is 0 Å². The summed E-state index contributed by atoms with van der Waals surface area (Å²) < 4.78 is 5.47. The fourth-order valence-corrected chi connectivity index (χ4v) is 2.36. The molecule has 2 atom stereocenters. The topological polar surface area (TPSA) is 34.2 Å². The first-order valence-corrected chi connectivity index (χ1v) is 7.21. The van der Waals surface area contributed by atoms with Gasteiger partial charge in [0, 0.05) is 23.0 Å². The van der Waals surface area contributed by atoms with E-state index in [0.717, 1.165) is 30.8 Å². The molecule has 3 nitrogen and oxygen atoms in total. The number of nitrogens with one attached hydrogen (secondary N) is 1. The normalized spacial score (nSPS) is 14.2. The van der Waals surface area contributed by atoms with Gasteiger partial charge in [0.15, 0.2) is 0 Å². The zero-order valence-corrected chi connectivity index (χ0v) is 13.2. The molecule has 0 fully saturated rings. The van der Waals surface area contributed by atoms with Crippen LogP contribution in [0.1, 0.15) is 37.6 Å². The summed E-state index contributed by atoms with van der Waals surface area (Å²) in [6, 6.07) is 0. The summed E-state index contributed by atoms with van der Waals surface area (Å²) in [5, 5.41) is 3.42. The van der Waals surface area contributed by atoms with Gasteiger partial charge in [-0.25, -0.2) is 0 Å².